The zero-order valence-corrected chi connectivity index (χ0v) is 10.5. The lowest BCUT2D eigenvalue weighted by atomic mass is 10.2. The summed E-state index contributed by atoms with van der Waals surface area (Å²) < 4.78 is 2.04. The van der Waals surface area contributed by atoms with Crippen molar-refractivity contribution < 1.29 is 0 Å². The SMILES string of the molecule is CNCCCNCc1ccc2c(c1)ncn2C. The molecule has 4 nitrogen and oxygen atoms in total. The molecule has 0 atom stereocenters. The largest absolute Gasteiger partial charge is 0.334 e. The third-order valence-corrected chi connectivity index (χ3v) is 2.90. The van der Waals surface area contributed by atoms with Crippen molar-refractivity contribution in [2.75, 3.05) is 20.1 Å². The number of benzene rings is 1. The van der Waals surface area contributed by atoms with Gasteiger partial charge in [-0.05, 0) is 44.3 Å². The average molecular weight is 232 g/mol. The zero-order chi connectivity index (χ0) is 12.1. The van der Waals surface area contributed by atoms with Crippen LogP contribution in [-0.2, 0) is 13.6 Å². The van der Waals surface area contributed by atoms with Gasteiger partial charge < -0.3 is 15.2 Å². The molecule has 0 unspecified atom stereocenters. The summed E-state index contributed by atoms with van der Waals surface area (Å²) in [7, 11) is 4.00. The molecule has 0 aliphatic carbocycles. The van der Waals surface area contributed by atoms with Gasteiger partial charge in [-0.2, -0.15) is 0 Å². The van der Waals surface area contributed by atoms with Crippen LogP contribution in [0.1, 0.15) is 12.0 Å². The first-order valence-corrected chi connectivity index (χ1v) is 6.06. The van der Waals surface area contributed by atoms with E-state index < -0.39 is 0 Å². The third-order valence-electron chi connectivity index (χ3n) is 2.90. The molecule has 0 saturated carbocycles. The number of imidazole rings is 1. The summed E-state index contributed by atoms with van der Waals surface area (Å²) in [5, 5.41) is 6.57. The average Bonchev–Trinajstić information content (AvgIpc) is 2.71. The Hall–Kier alpha value is -1.39. The van der Waals surface area contributed by atoms with Crippen LogP contribution in [0.3, 0.4) is 0 Å². The van der Waals surface area contributed by atoms with Gasteiger partial charge in [0.25, 0.3) is 0 Å². The predicted octanol–water partition coefficient (Wildman–Crippen LogP) is 1.27. The van der Waals surface area contributed by atoms with E-state index in [4.69, 9.17) is 0 Å². The molecule has 2 rings (SSSR count). The van der Waals surface area contributed by atoms with Crippen LogP contribution < -0.4 is 10.6 Å². The maximum Gasteiger partial charge on any atom is 0.0955 e. The lowest BCUT2D eigenvalue weighted by molar-refractivity contribution is 0.625. The van der Waals surface area contributed by atoms with Crippen LogP contribution in [0.25, 0.3) is 11.0 Å². The molecule has 92 valence electrons. The monoisotopic (exact) mass is 232 g/mol. The van der Waals surface area contributed by atoms with Crippen molar-refractivity contribution in [2.45, 2.75) is 13.0 Å². The van der Waals surface area contributed by atoms with Crippen LogP contribution in [0.4, 0.5) is 0 Å². The normalized spacial score (nSPS) is 11.2. The highest BCUT2D eigenvalue weighted by atomic mass is 15.0. The highest BCUT2D eigenvalue weighted by Gasteiger charge is 2.00. The van der Waals surface area contributed by atoms with E-state index in [0.29, 0.717) is 0 Å². The molecule has 0 aliphatic rings. The Morgan fingerprint density at radius 1 is 1.29 bits per heavy atom. The molecule has 0 saturated heterocycles. The minimum absolute atomic E-state index is 0.913. The van der Waals surface area contributed by atoms with Crippen molar-refractivity contribution in [1.29, 1.82) is 0 Å². The standard InChI is InChI=1S/C13H20N4/c1-14-6-3-7-15-9-11-4-5-13-12(8-11)16-10-17(13)2/h4-5,8,10,14-15H,3,6-7,9H2,1-2H3. The quantitative estimate of drug-likeness (QED) is 0.737. The number of aromatic nitrogens is 2. The fourth-order valence-corrected chi connectivity index (χ4v) is 1.91. The number of nitrogens with one attached hydrogen (secondary N) is 2. The number of nitrogens with zero attached hydrogens (tertiary/aromatic N) is 2. The fourth-order valence-electron chi connectivity index (χ4n) is 1.91. The summed E-state index contributed by atoms with van der Waals surface area (Å²) in [6.45, 7) is 3.02. The van der Waals surface area contributed by atoms with Gasteiger partial charge in [0.2, 0.25) is 0 Å². The van der Waals surface area contributed by atoms with Crippen LogP contribution in [0, 0.1) is 0 Å². The summed E-state index contributed by atoms with van der Waals surface area (Å²) in [5.41, 5.74) is 3.55. The molecular formula is C13H20N4. The third kappa shape index (κ3) is 3.05. The number of rotatable bonds is 6. The van der Waals surface area contributed by atoms with E-state index >= 15 is 0 Å². The van der Waals surface area contributed by atoms with Crippen molar-refractivity contribution in [1.82, 2.24) is 20.2 Å². The minimum atomic E-state index is 0.913. The first kappa shape index (κ1) is 12.1. The van der Waals surface area contributed by atoms with Gasteiger partial charge in [-0.1, -0.05) is 6.07 Å². The molecule has 2 N–H and O–H groups in total. The summed E-state index contributed by atoms with van der Waals surface area (Å²) in [6, 6.07) is 6.45. The summed E-state index contributed by atoms with van der Waals surface area (Å²) >= 11 is 0. The van der Waals surface area contributed by atoms with E-state index in [1.807, 2.05) is 25.0 Å². The Labute approximate surface area is 102 Å². The summed E-state index contributed by atoms with van der Waals surface area (Å²) in [6.07, 6.45) is 3.01. The van der Waals surface area contributed by atoms with E-state index in [2.05, 4.69) is 33.8 Å². The zero-order valence-electron chi connectivity index (χ0n) is 10.5. The molecule has 0 bridgehead atoms. The first-order valence-electron chi connectivity index (χ1n) is 6.06. The van der Waals surface area contributed by atoms with E-state index in [9.17, 15) is 0 Å². The first-order chi connectivity index (χ1) is 8.31. The second-order valence-corrected chi connectivity index (χ2v) is 4.31. The van der Waals surface area contributed by atoms with Gasteiger partial charge in [0.05, 0.1) is 17.4 Å². The Bertz CT molecular complexity index is 475. The second-order valence-electron chi connectivity index (χ2n) is 4.31. The smallest absolute Gasteiger partial charge is 0.0955 e. The van der Waals surface area contributed by atoms with Crippen molar-refractivity contribution >= 4 is 11.0 Å². The Balaban J connectivity index is 1.91. The molecule has 4 heteroatoms. The van der Waals surface area contributed by atoms with Gasteiger partial charge in [-0.25, -0.2) is 4.98 Å². The van der Waals surface area contributed by atoms with Gasteiger partial charge in [0, 0.05) is 13.6 Å². The highest BCUT2D eigenvalue weighted by Crippen LogP contribution is 2.13. The molecule has 0 fully saturated rings. The number of fused-ring (bicyclic) bond motifs is 1. The van der Waals surface area contributed by atoms with E-state index in [1.165, 1.54) is 11.1 Å². The highest BCUT2D eigenvalue weighted by molar-refractivity contribution is 5.75. The van der Waals surface area contributed by atoms with Gasteiger partial charge in [-0.15, -0.1) is 0 Å². The van der Waals surface area contributed by atoms with Gasteiger partial charge in [-0.3, -0.25) is 0 Å². The summed E-state index contributed by atoms with van der Waals surface area (Å²) in [5.74, 6) is 0. The topological polar surface area (TPSA) is 41.9 Å². The lowest BCUT2D eigenvalue weighted by Crippen LogP contribution is -2.19. The molecule has 1 aromatic heterocycles. The van der Waals surface area contributed by atoms with Crippen molar-refractivity contribution in [3.05, 3.63) is 30.1 Å². The van der Waals surface area contributed by atoms with Crippen LogP contribution in [0.5, 0.6) is 0 Å². The van der Waals surface area contributed by atoms with Crippen LogP contribution >= 0.6 is 0 Å². The predicted molar refractivity (Wildman–Crippen MR) is 71.0 cm³/mol. The summed E-state index contributed by atoms with van der Waals surface area (Å²) in [4.78, 5) is 4.36. The number of hydrogen-bond acceptors (Lipinski definition) is 3. The van der Waals surface area contributed by atoms with Gasteiger partial charge in [0.1, 0.15) is 0 Å². The number of aryl methyl sites for hydroxylation is 1. The molecule has 0 spiro atoms. The minimum Gasteiger partial charge on any atom is -0.334 e. The number of hydrogen-bond donors (Lipinski definition) is 2. The Kier molecular flexibility index (Phi) is 4.12. The van der Waals surface area contributed by atoms with Crippen LogP contribution in [-0.4, -0.2) is 29.7 Å². The molecule has 17 heavy (non-hydrogen) atoms. The molecule has 1 aromatic carbocycles. The van der Waals surface area contributed by atoms with Gasteiger partial charge >= 0.3 is 0 Å². The van der Waals surface area contributed by atoms with E-state index in [-0.39, 0.29) is 0 Å². The second kappa shape index (κ2) is 5.80. The van der Waals surface area contributed by atoms with Crippen LogP contribution in [0.15, 0.2) is 24.5 Å². The van der Waals surface area contributed by atoms with Crippen molar-refractivity contribution in [3.8, 4) is 0 Å². The Morgan fingerprint density at radius 3 is 3.00 bits per heavy atom. The lowest BCUT2D eigenvalue weighted by Gasteiger charge is -2.05. The van der Waals surface area contributed by atoms with Crippen LogP contribution in [0.2, 0.25) is 0 Å². The Morgan fingerprint density at radius 2 is 2.18 bits per heavy atom. The van der Waals surface area contributed by atoms with E-state index in [1.54, 1.807) is 0 Å². The van der Waals surface area contributed by atoms with E-state index in [0.717, 1.165) is 31.6 Å². The molecule has 0 radical (unpaired) electrons. The maximum absolute atomic E-state index is 4.36. The van der Waals surface area contributed by atoms with Crippen molar-refractivity contribution in [2.24, 2.45) is 7.05 Å². The van der Waals surface area contributed by atoms with Gasteiger partial charge in [0.15, 0.2) is 0 Å². The fraction of sp³-hybridized carbons (Fsp3) is 0.462. The molecule has 0 amide bonds. The molecular weight excluding hydrogens is 212 g/mol. The molecule has 2 aromatic rings. The maximum atomic E-state index is 4.36. The molecule has 1 heterocycles. The molecule has 0 aliphatic heterocycles. The van der Waals surface area contributed by atoms with Crippen molar-refractivity contribution in [3.63, 3.8) is 0 Å².